The van der Waals surface area contributed by atoms with Crippen LogP contribution in [0.25, 0.3) is 0 Å². The zero-order valence-corrected chi connectivity index (χ0v) is 13.4. The molecule has 4 aliphatic rings. The molecule has 4 aliphatic carbocycles. The minimum atomic E-state index is -0.394. The van der Waals surface area contributed by atoms with Crippen molar-refractivity contribution in [2.75, 3.05) is 6.61 Å². The summed E-state index contributed by atoms with van der Waals surface area (Å²) in [5.41, 5.74) is 0.219. The van der Waals surface area contributed by atoms with E-state index in [0.29, 0.717) is 18.4 Å². The van der Waals surface area contributed by atoms with E-state index >= 15 is 0 Å². The van der Waals surface area contributed by atoms with E-state index in [1.165, 1.54) is 19.3 Å². The van der Waals surface area contributed by atoms with Crippen molar-refractivity contribution in [1.82, 2.24) is 0 Å². The normalized spacial score (nSPS) is 35.2. The van der Waals surface area contributed by atoms with Gasteiger partial charge in [-0.2, -0.15) is 0 Å². The molecule has 0 amide bonds. The fourth-order valence-corrected chi connectivity index (χ4v) is 4.95. The highest BCUT2D eigenvalue weighted by molar-refractivity contribution is 5.86. The molecule has 4 nitrogen and oxygen atoms in total. The molecular formula is C18H26O4. The molecule has 0 radical (unpaired) electrons. The third-order valence-electron chi connectivity index (χ3n) is 5.42. The number of hydrogen-bond acceptors (Lipinski definition) is 4. The smallest absolute Gasteiger partial charge is 0.333 e. The molecular weight excluding hydrogens is 280 g/mol. The average Bonchev–Trinajstić information content (AvgIpc) is 2.41. The second kappa shape index (κ2) is 6.05. The highest BCUT2D eigenvalue weighted by Crippen LogP contribution is 2.57. The van der Waals surface area contributed by atoms with Crippen molar-refractivity contribution >= 4 is 11.9 Å². The van der Waals surface area contributed by atoms with E-state index in [2.05, 4.69) is 6.58 Å². The topological polar surface area (TPSA) is 52.6 Å². The SMILES string of the molecule is C=C(C)C(=O)OCCCC(=O)OC12CC3CC(CC(C3)C1)C2. The van der Waals surface area contributed by atoms with Gasteiger partial charge in [-0.15, -0.1) is 0 Å². The van der Waals surface area contributed by atoms with Crippen LogP contribution >= 0.6 is 0 Å². The molecule has 4 fully saturated rings. The Morgan fingerprint density at radius 2 is 1.64 bits per heavy atom. The van der Waals surface area contributed by atoms with E-state index in [1.807, 2.05) is 0 Å². The molecule has 0 aromatic rings. The van der Waals surface area contributed by atoms with Crippen LogP contribution in [0.5, 0.6) is 0 Å². The fraction of sp³-hybridized carbons (Fsp3) is 0.778. The third-order valence-corrected chi connectivity index (χ3v) is 5.42. The highest BCUT2D eigenvalue weighted by atomic mass is 16.6. The van der Waals surface area contributed by atoms with Crippen LogP contribution in [0.2, 0.25) is 0 Å². The van der Waals surface area contributed by atoms with Crippen LogP contribution in [0.4, 0.5) is 0 Å². The van der Waals surface area contributed by atoms with Crippen LogP contribution in [0, 0.1) is 17.8 Å². The Morgan fingerprint density at radius 3 is 2.14 bits per heavy atom. The van der Waals surface area contributed by atoms with Crippen molar-refractivity contribution in [3.63, 3.8) is 0 Å². The van der Waals surface area contributed by atoms with Gasteiger partial charge in [0.1, 0.15) is 5.60 Å². The maximum atomic E-state index is 12.1. The molecule has 0 aromatic carbocycles. The average molecular weight is 306 g/mol. The summed E-state index contributed by atoms with van der Waals surface area (Å²) in [5, 5.41) is 0. The van der Waals surface area contributed by atoms with Crippen molar-refractivity contribution in [3.8, 4) is 0 Å². The van der Waals surface area contributed by atoms with E-state index < -0.39 is 5.97 Å². The number of hydrogen-bond donors (Lipinski definition) is 0. The number of esters is 2. The van der Waals surface area contributed by atoms with Gasteiger partial charge >= 0.3 is 11.9 Å². The molecule has 122 valence electrons. The summed E-state index contributed by atoms with van der Waals surface area (Å²) in [6.45, 7) is 5.39. The van der Waals surface area contributed by atoms with Crippen LogP contribution in [0.15, 0.2) is 12.2 Å². The largest absolute Gasteiger partial charge is 0.462 e. The molecule has 0 spiro atoms. The molecule has 4 saturated carbocycles. The molecule has 0 atom stereocenters. The molecule has 22 heavy (non-hydrogen) atoms. The standard InChI is InChI=1S/C18H26O4/c1-12(2)17(20)21-5-3-4-16(19)22-18-9-13-6-14(10-18)8-15(7-13)11-18/h13-15H,1,3-11H2,2H3. The minimum Gasteiger partial charge on any atom is -0.462 e. The van der Waals surface area contributed by atoms with E-state index in [1.54, 1.807) is 6.92 Å². The Morgan fingerprint density at radius 1 is 1.09 bits per heavy atom. The predicted molar refractivity (Wildman–Crippen MR) is 82.0 cm³/mol. The van der Waals surface area contributed by atoms with Gasteiger partial charge in [0.05, 0.1) is 6.61 Å². The lowest BCUT2D eigenvalue weighted by Gasteiger charge is -2.55. The lowest BCUT2D eigenvalue weighted by atomic mass is 9.54. The maximum Gasteiger partial charge on any atom is 0.333 e. The Hall–Kier alpha value is -1.32. The number of carbonyl (C=O) groups is 2. The highest BCUT2D eigenvalue weighted by Gasteiger charge is 2.53. The molecule has 0 unspecified atom stereocenters. The van der Waals surface area contributed by atoms with Crippen LogP contribution in [-0.2, 0) is 19.1 Å². The third kappa shape index (κ3) is 3.36. The first kappa shape index (κ1) is 15.6. The molecule has 0 saturated heterocycles. The van der Waals surface area contributed by atoms with Crippen molar-refractivity contribution in [1.29, 1.82) is 0 Å². The van der Waals surface area contributed by atoms with Gasteiger partial charge in [0.2, 0.25) is 0 Å². The zero-order valence-electron chi connectivity index (χ0n) is 13.4. The molecule has 4 heteroatoms. The quantitative estimate of drug-likeness (QED) is 0.429. The van der Waals surface area contributed by atoms with Gasteiger partial charge in [0.25, 0.3) is 0 Å². The summed E-state index contributed by atoms with van der Waals surface area (Å²) >= 11 is 0. The molecule has 4 rings (SSSR count). The van der Waals surface area contributed by atoms with Gasteiger partial charge in [-0.3, -0.25) is 4.79 Å². The predicted octanol–water partition coefficient (Wildman–Crippen LogP) is 3.40. The van der Waals surface area contributed by atoms with Crippen LogP contribution in [-0.4, -0.2) is 24.1 Å². The van der Waals surface area contributed by atoms with Gasteiger partial charge in [-0.05, 0) is 69.6 Å². The van der Waals surface area contributed by atoms with Crippen molar-refractivity contribution < 1.29 is 19.1 Å². The van der Waals surface area contributed by atoms with Crippen molar-refractivity contribution in [2.45, 2.75) is 63.9 Å². The van der Waals surface area contributed by atoms with Gasteiger partial charge in [0, 0.05) is 12.0 Å². The van der Waals surface area contributed by atoms with Crippen molar-refractivity contribution in [3.05, 3.63) is 12.2 Å². The van der Waals surface area contributed by atoms with Crippen LogP contribution in [0.3, 0.4) is 0 Å². The van der Waals surface area contributed by atoms with Gasteiger partial charge in [-0.25, -0.2) is 4.79 Å². The zero-order chi connectivity index (χ0) is 15.7. The Balaban J connectivity index is 1.42. The van der Waals surface area contributed by atoms with E-state index in [0.717, 1.165) is 37.0 Å². The second-order valence-corrected chi connectivity index (χ2v) is 7.59. The molecule has 0 aromatic heterocycles. The van der Waals surface area contributed by atoms with E-state index in [4.69, 9.17) is 9.47 Å². The lowest BCUT2D eigenvalue weighted by Crippen LogP contribution is -2.52. The summed E-state index contributed by atoms with van der Waals surface area (Å²) in [6.07, 6.45) is 8.06. The van der Waals surface area contributed by atoms with E-state index in [9.17, 15) is 9.59 Å². The second-order valence-electron chi connectivity index (χ2n) is 7.59. The molecule has 0 heterocycles. The Labute approximate surface area is 132 Å². The first-order chi connectivity index (χ1) is 10.5. The number of ether oxygens (including phenoxy) is 2. The minimum absolute atomic E-state index is 0.131. The van der Waals surface area contributed by atoms with Crippen LogP contribution < -0.4 is 0 Å². The Kier molecular flexibility index (Phi) is 4.28. The first-order valence-electron chi connectivity index (χ1n) is 8.50. The summed E-state index contributed by atoms with van der Waals surface area (Å²) in [6, 6.07) is 0. The molecule has 0 N–H and O–H groups in total. The maximum absolute atomic E-state index is 12.1. The van der Waals surface area contributed by atoms with E-state index in [-0.39, 0.29) is 18.2 Å². The summed E-state index contributed by atoms with van der Waals surface area (Å²) in [4.78, 5) is 23.4. The number of carbonyl (C=O) groups excluding carboxylic acids is 2. The summed E-state index contributed by atoms with van der Waals surface area (Å²) in [5.74, 6) is 1.80. The van der Waals surface area contributed by atoms with Crippen molar-refractivity contribution in [2.24, 2.45) is 17.8 Å². The van der Waals surface area contributed by atoms with Gasteiger partial charge in [0.15, 0.2) is 0 Å². The fourth-order valence-electron chi connectivity index (χ4n) is 4.95. The lowest BCUT2D eigenvalue weighted by molar-refractivity contribution is -0.187. The molecule has 0 aliphatic heterocycles. The van der Waals surface area contributed by atoms with Crippen LogP contribution in [0.1, 0.15) is 58.3 Å². The first-order valence-corrected chi connectivity index (χ1v) is 8.50. The molecule has 4 bridgehead atoms. The Bertz CT molecular complexity index is 444. The summed E-state index contributed by atoms with van der Waals surface area (Å²) in [7, 11) is 0. The number of rotatable bonds is 6. The van der Waals surface area contributed by atoms with Gasteiger partial charge < -0.3 is 9.47 Å². The van der Waals surface area contributed by atoms with Gasteiger partial charge in [-0.1, -0.05) is 6.58 Å². The summed E-state index contributed by atoms with van der Waals surface area (Å²) < 4.78 is 10.9. The monoisotopic (exact) mass is 306 g/mol.